The zero-order chi connectivity index (χ0) is 45.4. The van der Waals surface area contributed by atoms with Crippen LogP contribution in [0, 0.1) is 36.4 Å². The number of amides is 7. The zero-order valence-corrected chi connectivity index (χ0v) is 36.6. The van der Waals surface area contributed by atoms with Crippen molar-refractivity contribution in [2.75, 3.05) is 86.7 Å². The van der Waals surface area contributed by atoms with E-state index >= 15 is 0 Å². The molecule has 15 heteroatoms. The summed E-state index contributed by atoms with van der Waals surface area (Å²) in [6.07, 6.45) is 4.99. The molecule has 0 aromatic heterocycles. The first-order valence-electron chi connectivity index (χ1n) is 22.0. The molecule has 336 valence electrons. The molecule has 0 saturated carbocycles. The fraction of sp³-hybridized carbons (Fsp3) is 0.408. The number of carbonyl (C=O) groups is 5. The molecular formula is C49H58FN9O5. The smallest absolute Gasteiger partial charge is 0.328 e. The van der Waals surface area contributed by atoms with Gasteiger partial charge >= 0.3 is 12.1 Å². The van der Waals surface area contributed by atoms with Crippen LogP contribution in [-0.4, -0.2) is 107 Å². The van der Waals surface area contributed by atoms with Crippen LogP contribution >= 0.6 is 0 Å². The van der Waals surface area contributed by atoms with Crippen molar-refractivity contribution in [1.29, 1.82) is 0 Å². The van der Waals surface area contributed by atoms with Crippen molar-refractivity contribution >= 4 is 46.8 Å². The maximum atomic E-state index is 14.6. The number of nitrogens with two attached hydrogens (primary N) is 1. The molecule has 0 spiro atoms. The monoisotopic (exact) mass is 871 g/mol. The second-order valence-corrected chi connectivity index (χ2v) is 16.2. The number of imide groups is 2. The number of benzene rings is 3. The van der Waals surface area contributed by atoms with E-state index in [1.54, 1.807) is 17.9 Å². The molecule has 64 heavy (non-hydrogen) atoms. The number of piperazine rings is 1. The molecule has 6 N–H and O–H groups in total. The van der Waals surface area contributed by atoms with Crippen LogP contribution in [-0.2, 0) is 14.4 Å². The maximum absolute atomic E-state index is 14.6. The first-order valence-corrected chi connectivity index (χ1v) is 22.0. The second-order valence-electron chi connectivity index (χ2n) is 16.2. The van der Waals surface area contributed by atoms with Crippen molar-refractivity contribution < 1.29 is 28.4 Å². The van der Waals surface area contributed by atoms with E-state index in [0.717, 1.165) is 74.7 Å². The van der Waals surface area contributed by atoms with Gasteiger partial charge in [0.05, 0.1) is 12.2 Å². The van der Waals surface area contributed by atoms with E-state index in [1.165, 1.54) is 29.4 Å². The third-order valence-corrected chi connectivity index (χ3v) is 11.5. The van der Waals surface area contributed by atoms with Crippen LogP contribution in [0.1, 0.15) is 73.1 Å². The van der Waals surface area contributed by atoms with Gasteiger partial charge in [-0.05, 0) is 105 Å². The van der Waals surface area contributed by atoms with Crippen molar-refractivity contribution in [1.82, 2.24) is 26.2 Å². The summed E-state index contributed by atoms with van der Waals surface area (Å²) in [5.74, 6) is 11.8. The molecule has 0 aliphatic carbocycles. The molecule has 0 atom stereocenters. The Morgan fingerprint density at radius 3 is 1.89 bits per heavy atom. The number of halogens is 1. The summed E-state index contributed by atoms with van der Waals surface area (Å²) in [4.78, 5) is 64.9. The highest BCUT2D eigenvalue weighted by Crippen LogP contribution is 2.30. The average Bonchev–Trinajstić information content (AvgIpc) is 3.29. The SMILES string of the molecule is C=C1CCN(c2ccc(C3CCNCC3)cc2)C(=O)C1.Cc1cc(C#CCN2CCNCC2)cc(F)c1N1CCC(=O)NC1=O.NCCC#Cc1ccc(N2CCC(=O)NC2=O)cc1. The maximum Gasteiger partial charge on any atom is 0.328 e. The molecule has 7 amide bonds. The van der Waals surface area contributed by atoms with E-state index in [-0.39, 0.29) is 42.4 Å². The second kappa shape index (κ2) is 23.4. The van der Waals surface area contributed by atoms with E-state index in [2.05, 4.69) is 80.7 Å². The van der Waals surface area contributed by atoms with Gasteiger partial charge in [-0.3, -0.25) is 39.7 Å². The Morgan fingerprint density at radius 2 is 1.28 bits per heavy atom. The fourth-order valence-electron chi connectivity index (χ4n) is 7.97. The van der Waals surface area contributed by atoms with Gasteiger partial charge in [-0.25, -0.2) is 14.0 Å². The minimum atomic E-state index is -0.587. The number of piperidine rings is 2. The predicted molar refractivity (Wildman–Crippen MR) is 247 cm³/mol. The van der Waals surface area contributed by atoms with Crippen molar-refractivity contribution in [2.45, 2.75) is 57.8 Å². The van der Waals surface area contributed by atoms with Crippen LogP contribution in [0.25, 0.3) is 0 Å². The third kappa shape index (κ3) is 13.3. The Bertz CT molecular complexity index is 2280. The molecule has 5 saturated heterocycles. The molecule has 5 aliphatic rings. The first-order chi connectivity index (χ1) is 31.0. The highest BCUT2D eigenvalue weighted by Gasteiger charge is 2.28. The lowest BCUT2D eigenvalue weighted by Crippen LogP contribution is -2.50. The molecule has 0 unspecified atom stereocenters. The molecule has 3 aromatic rings. The van der Waals surface area contributed by atoms with Gasteiger partial charge in [-0.2, -0.15) is 0 Å². The number of hydrogen-bond donors (Lipinski definition) is 5. The van der Waals surface area contributed by atoms with Gasteiger partial charge in [0, 0.05) is 101 Å². The number of hydrogen-bond acceptors (Lipinski definition) is 9. The minimum absolute atomic E-state index is 0.164. The lowest BCUT2D eigenvalue weighted by Gasteiger charge is -2.29. The van der Waals surface area contributed by atoms with Crippen molar-refractivity contribution in [3.05, 3.63) is 101 Å². The van der Waals surface area contributed by atoms with Crippen LogP contribution in [0.5, 0.6) is 0 Å². The number of nitrogens with one attached hydrogen (secondary N) is 4. The Balaban J connectivity index is 0.000000161. The first kappa shape index (κ1) is 47.1. The average molecular weight is 872 g/mol. The zero-order valence-electron chi connectivity index (χ0n) is 36.6. The van der Waals surface area contributed by atoms with Gasteiger partial charge in [-0.15, -0.1) is 0 Å². The molecule has 3 aromatic carbocycles. The topological polar surface area (TPSA) is 172 Å². The van der Waals surface area contributed by atoms with Gasteiger partial charge < -0.3 is 21.3 Å². The Kier molecular flexibility index (Phi) is 17.2. The van der Waals surface area contributed by atoms with E-state index in [1.807, 2.05) is 29.2 Å². The highest BCUT2D eigenvalue weighted by molar-refractivity contribution is 6.06. The van der Waals surface area contributed by atoms with Crippen LogP contribution in [0.3, 0.4) is 0 Å². The number of carbonyl (C=O) groups excluding carboxylic acids is 5. The summed E-state index contributed by atoms with van der Waals surface area (Å²) in [7, 11) is 0. The number of anilines is 3. The fourth-order valence-corrected chi connectivity index (χ4v) is 7.97. The van der Waals surface area contributed by atoms with Crippen molar-refractivity contribution in [2.24, 2.45) is 5.73 Å². The molecule has 0 bridgehead atoms. The minimum Gasteiger partial charge on any atom is -0.330 e. The number of urea groups is 2. The quantitative estimate of drug-likeness (QED) is 0.177. The third-order valence-electron chi connectivity index (χ3n) is 11.5. The standard InChI is InChI=1S/C18H21FN4O2.C17H22N2O.C14H15N3O2/c1-13-11-14(3-2-7-22-9-5-20-6-10-22)12-15(19)17(13)23-8-4-16(24)21-18(23)25;1-13-8-11-19(17(20)12-13)16-4-2-14(3-5-16)15-6-9-18-10-7-15;15-9-2-1-3-11-4-6-12(7-5-11)17-10-8-13(18)16-14(17)19/h11-12,20H,4-10H2,1H3,(H,21,24,25);2-5,15,18H,1,6-12H2;4-7H,2,8-10,15H2,(H,16,18,19). The normalized spacial score (nSPS) is 18.3. The van der Waals surface area contributed by atoms with Gasteiger partial charge in [0.2, 0.25) is 17.7 Å². The van der Waals surface area contributed by atoms with Crippen molar-refractivity contribution in [3.8, 4) is 23.7 Å². The number of aryl methyl sites for hydroxylation is 1. The van der Waals surface area contributed by atoms with Crippen molar-refractivity contribution in [3.63, 3.8) is 0 Å². The Hall–Kier alpha value is -6.36. The number of nitrogens with zero attached hydrogens (tertiary/aromatic N) is 4. The van der Waals surface area contributed by atoms with Gasteiger partial charge in [0.15, 0.2) is 0 Å². The van der Waals surface area contributed by atoms with Crippen LogP contribution in [0.2, 0.25) is 0 Å². The Labute approximate surface area is 375 Å². The van der Waals surface area contributed by atoms with Crippen LogP contribution < -0.4 is 41.7 Å². The van der Waals surface area contributed by atoms with E-state index in [9.17, 15) is 28.4 Å². The van der Waals surface area contributed by atoms with Crippen LogP contribution in [0.4, 0.5) is 31.0 Å². The summed E-state index contributed by atoms with van der Waals surface area (Å²) in [6, 6.07) is 18.1. The van der Waals surface area contributed by atoms with E-state index in [4.69, 9.17) is 5.73 Å². The van der Waals surface area contributed by atoms with Gasteiger partial charge in [0.1, 0.15) is 5.82 Å². The van der Waals surface area contributed by atoms with E-state index < -0.39 is 11.8 Å². The molecule has 5 aliphatic heterocycles. The molecule has 14 nitrogen and oxygen atoms in total. The lowest BCUT2D eigenvalue weighted by atomic mass is 9.90. The summed E-state index contributed by atoms with van der Waals surface area (Å²) in [6.45, 7) is 14.3. The molecule has 8 rings (SSSR count). The highest BCUT2D eigenvalue weighted by atomic mass is 19.1. The molecule has 5 fully saturated rings. The summed E-state index contributed by atoms with van der Waals surface area (Å²) in [5.41, 5.74) is 11.9. The van der Waals surface area contributed by atoms with Gasteiger partial charge in [-0.1, -0.05) is 48.0 Å². The van der Waals surface area contributed by atoms with E-state index in [0.29, 0.717) is 55.9 Å². The lowest BCUT2D eigenvalue weighted by molar-refractivity contribution is -0.121. The van der Waals surface area contributed by atoms with Crippen LogP contribution in [0.15, 0.2) is 72.8 Å². The van der Waals surface area contributed by atoms with Gasteiger partial charge in [0.25, 0.3) is 0 Å². The predicted octanol–water partition coefficient (Wildman–Crippen LogP) is 4.51. The molecule has 5 heterocycles. The molecular weight excluding hydrogens is 814 g/mol. The summed E-state index contributed by atoms with van der Waals surface area (Å²) in [5, 5.41) is 11.2. The largest absolute Gasteiger partial charge is 0.330 e. The summed E-state index contributed by atoms with van der Waals surface area (Å²) >= 11 is 0. The summed E-state index contributed by atoms with van der Waals surface area (Å²) < 4.78 is 14.6. The Morgan fingerprint density at radius 1 is 0.703 bits per heavy atom. The number of rotatable bonds is 6. The molecule has 0 radical (unpaired) electrons.